The van der Waals surface area contributed by atoms with Crippen molar-refractivity contribution in [2.24, 2.45) is 0 Å². The zero-order valence-electron chi connectivity index (χ0n) is 13.4. The zero-order chi connectivity index (χ0) is 16.3. The molecule has 2 aromatic carbocycles. The SMILES string of the molecule is CC(=O)Nc1ccc(C(C)(C)C)cc1C(=O)c1ccccc1. The second-order valence-electron chi connectivity index (χ2n) is 6.39. The third-order valence-electron chi connectivity index (χ3n) is 3.48. The summed E-state index contributed by atoms with van der Waals surface area (Å²) in [7, 11) is 0. The molecule has 0 unspecified atom stereocenters. The van der Waals surface area contributed by atoms with Gasteiger partial charge in [0, 0.05) is 18.1 Å². The van der Waals surface area contributed by atoms with Gasteiger partial charge in [-0.2, -0.15) is 0 Å². The average Bonchev–Trinajstić information content (AvgIpc) is 2.46. The van der Waals surface area contributed by atoms with Crippen LogP contribution in [0.2, 0.25) is 0 Å². The van der Waals surface area contributed by atoms with Gasteiger partial charge in [-0.05, 0) is 23.1 Å². The third-order valence-corrected chi connectivity index (χ3v) is 3.48. The zero-order valence-corrected chi connectivity index (χ0v) is 13.4. The Morgan fingerprint density at radius 1 is 0.955 bits per heavy atom. The first-order valence-corrected chi connectivity index (χ1v) is 7.31. The number of ketones is 1. The highest BCUT2D eigenvalue weighted by Gasteiger charge is 2.20. The van der Waals surface area contributed by atoms with Crippen LogP contribution in [0.3, 0.4) is 0 Å². The predicted molar refractivity (Wildman–Crippen MR) is 89.3 cm³/mol. The minimum atomic E-state index is -0.189. The molecule has 114 valence electrons. The molecule has 1 amide bonds. The van der Waals surface area contributed by atoms with Gasteiger partial charge in [-0.25, -0.2) is 0 Å². The first-order valence-electron chi connectivity index (χ1n) is 7.31. The molecule has 2 rings (SSSR count). The maximum atomic E-state index is 12.8. The summed E-state index contributed by atoms with van der Waals surface area (Å²) in [6, 6.07) is 14.7. The normalized spacial score (nSPS) is 11.1. The number of hydrogen-bond donors (Lipinski definition) is 1. The molecule has 3 nitrogen and oxygen atoms in total. The number of nitrogens with one attached hydrogen (secondary N) is 1. The Morgan fingerprint density at radius 2 is 1.59 bits per heavy atom. The van der Waals surface area contributed by atoms with Crippen LogP contribution in [0.15, 0.2) is 48.5 Å². The number of rotatable bonds is 3. The second kappa shape index (κ2) is 6.14. The Kier molecular flexibility index (Phi) is 4.45. The van der Waals surface area contributed by atoms with Crippen LogP contribution in [-0.2, 0) is 10.2 Å². The van der Waals surface area contributed by atoms with E-state index in [2.05, 4.69) is 26.1 Å². The number of amides is 1. The van der Waals surface area contributed by atoms with E-state index in [0.29, 0.717) is 16.8 Å². The first-order chi connectivity index (χ1) is 10.3. The Hall–Kier alpha value is -2.42. The molecular formula is C19H21NO2. The number of benzene rings is 2. The molecule has 0 bridgehead atoms. The van der Waals surface area contributed by atoms with E-state index in [9.17, 15) is 9.59 Å². The second-order valence-corrected chi connectivity index (χ2v) is 6.39. The Balaban J connectivity index is 2.54. The molecule has 0 heterocycles. The highest BCUT2D eigenvalue weighted by atomic mass is 16.1. The summed E-state index contributed by atoms with van der Waals surface area (Å²) in [5.74, 6) is -0.277. The lowest BCUT2D eigenvalue weighted by atomic mass is 9.85. The minimum Gasteiger partial charge on any atom is -0.326 e. The molecule has 0 saturated heterocycles. The van der Waals surface area contributed by atoms with Crippen LogP contribution in [-0.4, -0.2) is 11.7 Å². The molecule has 0 aliphatic carbocycles. The van der Waals surface area contributed by atoms with Crippen LogP contribution in [0.5, 0.6) is 0 Å². The fraction of sp³-hybridized carbons (Fsp3) is 0.263. The summed E-state index contributed by atoms with van der Waals surface area (Å²) < 4.78 is 0. The topological polar surface area (TPSA) is 46.2 Å². The number of carbonyl (C=O) groups excluding carboxylic acids is 2. The van der Waals surface area contributed by atoms with E-state index >= 15 is 0 Å². The van der Waals surface area contributed by atoms with Gasteiger partial charge in [-0.15, -0.1) is 0 Å². The molecule has 2 aromatic rings. The lowest BCUT2D eigenvalue weighted by Crippen LogP contribution is -2.16. The van der Waals surface area contributed by atoms with E-state index in [0.717, 1.165) is 5.56 Å². The number of anilines is 1. The molecule has 0 fully saturated rings. The van der Waals surface area contributed by atoms with Crippen LogP contribution < -0.4 is 5.32 Å². The Bertz CT molecular complexity index is 697. The fourth-order valence-electron chi connectivity index (χ4n) is 2.24. The minimum absolute atomic E-state index is 0.0690. The van der Waals surface area contributed by atoms with Crippen LogP contribution in [0.25, 0.3) is 0 Å². The Labute approximate surface area is 131 Å². The van der Waals surface area contributed by atoms with Crippen LogP contribution in [0.4, 0.5) is 5.69 Å². The van der Waals surface area contributed by atoms with Crippen molar-refractivity contribution in [1.82, 2.24) is 0 Å². The summed E-state index contributed by atoms with van der Waals surface area (Å²) in [5.41, 5.74) is 2.67. The van der Waals surface area contributed by atoms with E-state index in [1.807, 2.05) is 30.3 Å². The highest BCUT2D eigenvalue weighted by Crippen LogP contribution is 2.28. The summed E-state index contributed by atoms with van der Waals surface area (Å²) in [6.07, 6.45) is 0. The maximum Gasteiger partial charge on any atom is 0.221 e. The summed E-state index contributed by atoms with van der Waals surface area (Å²) in [5, 5.41) is 2.74. The van der Waals surface area contributed by atoms with Crippen molar-refractivity contribution < 1.29 is 9.59 Å². The third kappa shape index (κ3) is 3.61. The van der Waals surface area contributed by atoms with Gasteiger partial charge in [0.15, 0.2) is 5.78 Å². The molecule has 1 N–H and O–H groups in total. The highest BCUT2D eigenvalue weighted by molar-refractivity contribution is 6.13. The van der Waals surface area contributed by atoms with E-state index in [1.165, 1.54) is 6.92 Å². The van der Waals surface area contributed by atoms with Gasteiger partial charge in [-0.3, -0.25) is 9.59 Å². The van der Waals surface area contributed by atoms with Gasteiger partial charge in [0.2, 0.25) is 5.91 Å². The van der Waals surface area contributed by atoms with Gasteiger partial charge >= 0.3 is 0 Å². The van der Waals surface area contributed by atoms with E-state index in [4.69, 9.17) is 0 Å². The average molecular weight is 295 g/mol. The van der Waals surface area contributed by atoms with Crippen molar-refractivity contribution >= 4 is 17.4 Å². The molecule has 0 aliphatic heterocycles. The van der Waals surface area contributed by atoms with Crippen molar-refractivity contribution in [3.63, 3.8) is 0 Å². The predicted octanol–water partition coefficient (Wildman–Crippen LogP) is 4.17. The summed E-state index contributed by atoms with van der Waals surface area (Å²) in [6.45, 7) is 7.72. The van der Waals surface area contributed by atoms with Crippen molar-refractivity contribution in [1.29, 1.82) is 0 Å². The van der Waals surface area contributed by atoms with E-state index in [1.54, 1.807) is 18.2 Å². The number of hydrogen-bond acceptors (Lipinski definition) is 2. The molecule has 0 saturated carbocycles. The number of carbonyl (C=O) groups is 2. The van der Waals surface area contributed by atoms with Crippen molar-refractivity contribution in [2.75, 3.05) is 5.32 Å². The molecule has 0 radical (unpaired) electrons. The maximum absolute atomic E-state index is 12.8. The van der Waals surface area contributed by atoms with Crippen LogP contribution in [0.1, 0.15) is 49.2 Å². The van der Waals surface area contributed by atoms with Crippen LogP contribution in [0, 0.1) is 0 Å². The van der Waals surface area contributed by atoms with Crippen LogP contribution >= 0.6 is 0 Å². The summed E-state index contributed by atoms with van der Waals surface area (Å²) >= 11 is 0. The standard InChI is InChI=1S/C19H21NO2/c1-13(21)20-17-11-10-15(19(2,3)4)12-16(17)18(22)14-8-6-5-7-9-14/h5-12H,1-4H3,(H,20,21). The first kappa shape index (κ1) is 16.0. The van der Waals surface area contributed by atoms with Gasteiger partial charge < -0.3 is 5.32 Å². The van der Waals surface area contributed by atoms with E-state index in [-0.39, 0.29) is 17.1 Å². The molecule has 0 aliphatic rings. The van der Waals surface area contributed by atoms with Crippen molar-refractivity contribution in [2.45, 2.75) is 33.1 Å². The quantitative estimate of drug-likeness (QED) is 0.864. The largest absolute Gasteiger partial charge is 0.326 e. The van der Waals surface area contributed by atoms with Gasteiger partial charge in [0.1, 0.15) is 0 Å². The van der Waals surface area contributed by atoms with Gasteiger partial charge in [-0.1, -0.05) is 57.2 Å². The smallest absolute Gasteiger partial charge is 0.221 e. The fourth-order valence-corrected chi connectivity index (χ4v) is 2.24. The van der Waals surface area contributed by atoms with Gasteiger partial charge in [0.05, 0.1) is 5.69 Å². The molecule has 3 heteroatoms. The van der Waals surface area contributed by atoms with Gasteiger partial charge in [0.25, 0.3) is 0 Å². The monoisotopic (exact) mass is 295 g/mol. The van der Waals surface area contributed by atoms with E-state index < -0.39 is 0 Å². The molecular weight excluding hydrogens is 274 g/mol. The van der Waals surface area contributed by atoms with Crippen molar-refractivity contribution in [3.05, 3.63) is 65.2 Å². The van der Waals surface area contributed by atoms with Crippen molar-refractivity contribution in [3.8, 4) is 0 Å². The molecule has 0 spiro atoms. The lowest BCUT2D eigenvalue weighted by Gasteiger charge is -2.21. The molecule has 0 aromatic heterocycles. The lowest BCUT2D eigenvalue weighted by molar-refractivity contribution is -0.114. The summed E-state index contributed by atoms with van der Waals surface area (Å²) in [4.78, 5) is 24.2. The Morgan fingerprint density at radius 3 is 2.14 bits per heavy atom. The molecule has 0 atom stereocenters. The molecule has 22 heavy (non-hydrogen) atoms.